The largest absolute Gasteiger partial charge is 0.222 e. The van der Waals surface area contributed by atoms with Crippen LogP contribution in [0.15, 0.2) is 24.3 Å². The van der Waals surface area contributed by atoms with Crippen LogP contribution in [0.1, 0.15) is 17.6 Å². The minimum Gasteiger partial charge on any atom is -0.222 e. The zero-order chi connectivity index (χ0) is 12.7. The fraction of sp³-hybridized carbons (Fsp3) is 0.231. The Hall–Kier alpha value is -1.75. The zero-order valence-corrected chi connectivity index (χ0v) is 11.0. The summed E-state index contributed by atoms with van der Waals surface area (Å²) in [6.07, 6.45) is 0.865. The summed E-state index contributed by atoms with van der Waals surface area (Å²) in [5, 5.41) is 5.48. The van der Waals surface area contributed by atoms with Gasteiger partial charge < -0.3 is 0 Å². The molecule has 0 radical (unpaired) electrons. The second-order valence-electron chi connectivity index (χ2n) is 4.07. The van der Waals surface area contributed by atoms with Gasteiger partial charge in [-0.25, -0.2) is 13.9 Å². The first kappa shape index (κ1) is 11.3. The van der Waals surface area contributed by atoms with Gasteiger partial charge in [-0.1, -0.05) is 30.4 Å². The van der Waals surface area contributed by atoms with Gasteiger partial charge >= 0.3 is 0 Å². The van der Waals surface area contributed by atoms with Crippen LogP contribution >= 0.6 is 11.3 Å². The second-order valence-corrected chi connectivity index (χ2v) is 5.11. The molecule has 0 atom stereocenters. The van der Waals surface area contributed by atoms with Crippen LogP contribution < -0.4 is 0 Å². The number of benzene rings is 1. The predicted octanol–water partition coefficient (Wildman–Crippen LogP) is 3.47. The van der Waals surface area contributed by atoms with Crippen LogP contribution in [0.2, 0.25) is 0 Å². The second kappa shape index (κ2) is 4.17. The minimum atomic E-state index is -0.242. The van der Waals surface area contributed by atoms with Gasteiger partial charge in [0.1, 0.15) is 10.8 Å². The van der Waals surface area contributed by atoms with E-state index in [-0.39, 0.29) is 5.82 Å². The summed E-state index contributed by atoms with van der Waals surface area (Å²) in [6.45, 7) is 3.93. The van der Waals surface area contributed by atoms with Crippen LogP contribution in [0.4, 0.5) is 4.39 Å². The summed E-state index contributed by atoms with van der Waals surface area (Å²) in [5.74, 6) is -0.242. The summed E-state index contributed by atoms with van der Waals surface area (Å²) in [4.78, 5) is 5.27. The molecule has 3 aromatic rings. The van der Waals surface area contributed by atoms with Crippen molar-refractivity contribution >= 4 is 16.3 Å². The van der Waals surface area contributed by atoms with Crippen LogP contribution in [0.25, 0.3) is 16.2 Å². The van der Waals surface area contributed by atoms with E-state index in [1.54, 1.807) is 28.0 Å². The Bertz CT molecular complexity index is 714. The van der Waals surface area contributed by atoms with Crippen molar-refractivity contribution in [3.8, 4) is 11.3 Å². The molecule has 0 unspecified atom stereocenters. The quantitative estimate of drug-likeness (QED) is 0.707. The number of nitrogens with zero attached hydrogens (tertiary/aromatic N) is 3. The third-order valence-electron chi connectivity index (χ3n) is 2.85. The van der Waals surface area contributed by atoms with E-state index in [0.29, 0.717) is 5.56 Å². The Labute approximate surface area is 108 Å². The van der Waals surface area contributed by atoms with Gasteiger partial charge in [-0.05, 0) is 25.5 Å². The molecule has 0 bridgehead atoms. The van der Waals surface area contributed by atoms with Gasteiger partial charge in [-0.15, -0.1) is 0 Å². The Kier molecular flexibility index (Phi) is 2.63. The number of imidazole rings is 1. The molecule has 0 fully saturated rings. The van der Waals surface area contributed by atoms with Gasteiger partial charge in [0.25, 0.3) is 0 Å². The first-order chi connectivity index (χ1) is 8.70. The van der Waals surface area contributed by atoms with E-state index in [4.69, 9.17) is 0 Å². The van der Waals surface area contributed by atoms with Crippen molar-refractivity contribution < 1.29 is 4.39 Å². The summed E-state index contributed by atoms with van der Waals surface area (Å²) in [6, 6.07) is 6.73. The van der Waals surface area contributed by atoms with Crippen LogP contribution in [0.3, 0.4) is 0 Å². The third-order valence-corrected chi connectivity index (χ3v) is 3.90. The van der Waals surface area contributed by atoms with Crippen molar-refractivity contribution in [1.82, 2.24) is 14.6 Å². The van der Waals surface area contributed by atoms with Crippen LogP contribution in [0, 0.1) is 12.7 Å². The van der Waals surface area contributed by atoms with Crippen molar-refractivity contribution in [3.63, 3.8) is 0 Å². The molecule has 0 aliphatic rings. The Balaban J connectivity index is 2.30. The van der Waals surface area contributed by atoms with Gasteiger partial charge in [0.2, 0.25) is 4.96 Å². The molecule has 0 aliphatic carbocycles. The van der Waals surface area contributed by atoms with Gasteiger partial charge in [0.15, 0.2) is 0 Å². The highest BCUT2D eigenvalue weighted by Crippen LogP contribution is 2.29. The van der Waals surface area contributed by atoms with E-state index in [0.717, 1.165) is 27.8 Å². The molecule has 0 saturated heterocycles. The summed E-state index contributed by atoms with van der Waals surface area (Å²) >= 11 is 1.55. The monoisotopic (exact) mass is 261 g/mol. The fourth-order valence-electron chi connectivity index (χ4n) is 1.99. The summed E-state index contributed by atoms with van der Waals surface area (Å²) in [5.41, 5.74) is 2.11. The number of hydrogen-bond donors (Lipinski definition) is 0. The highest BCUT2D eigenvalue weighted by Gasteiger charge is 2.17. The van der Waals surface area contributed by atoms with Gasteiger partial charge in [0.05, 0.1) is 11.4 Å². The average molecular weight is 261 g/mol. The van der Waals surface area contributed by atoms with Crippen molar-refractivity contribution in [2.24, 2.45) is 0 Å². The average Bonchev–Trinajstić information content (AvgIpc) is 2.87. The number of rotatable bonds is 2. The van der Waals surface area contributed by atoms with E-state index in [9.17, 15) is 4.39 Å². The fourth-order valence-corrected chi connectivity index (χ4v) is 2.87. The molecule has 0 amide bonds. The lowest BCUT2D eigenvalue weighted by Gasteiger charge is -2.02. The SMILES string of the molecule is CCc1nn2c(-c3ccccc3F)c(C)nc2s1. The van der Waals surface area contributed by atoms with E-state index >= 15 is 0 Å². The number of fused-ring (bicyclic) bond motifs is 1. The van der Waals surface area contributed by atoms with Crippen molar-refractivity contribution in [2.75, 3.05) is 0 Å². The maximum Gasteiger partial charge on any atom is 0.212 e. The molecule has 0 N–H and O–H groups in total. The third kappa shape index (κ3) is 1.62. The molecule has 3 nitrogen and oxygen atoms in total. The van der Waals surface area contributed by atoms with Gasteiger partial charge in [0, 0.05) is 5.56 Å². The smallest absolute Gasteiger partial charge is 0.212 e. The molecule has 92 valence electrons. The van der Waals surface area contributed by atoms with E-state index in [2.05, 4.69) is 10.1 Å². The summed E-state index contributed by atoms with van der Waals surface area (Å²) in [7, 11) is 0. The molecular formula is C13H12FN3S. The number of aryl methyl sites for hydroxylation is 2. The standard InChI is InChI=1S/C13H12FN3S/c1-3-11-16-17-12(8(2)15-13(17)18-11)9-6-4-5-7-10(9)14/h4-7H,3H2,1-2H3. The lowest BCUT2D eigenvalue weighted by Crippen LogP contribution is -1.94. The van der Waals surface area contributed by atoms with Crippen molar-refractivity contribution in [2.45, 2.75) is 20.3 Å². The van der Waals surface area contributed by atoms with Crippen molar-refractivity contribution in [1.29, 1.82) is 0 Å². The molecule has 0 aliphatic heterocycles. The highest BCUT2D eigenvalue weighted by atomic mass is 32.1. The Morgan fingerprint density at radius 2 is 2.11 bits per heavy atom. The first-order valence-corrected chi connectivity index (χ1v) is 6.62. The number of aromatic nitrogens is 3. The molecule has 2 aromatic heterocycles. The van der Waals surface area contributed by atoms with E-state index < -0.39 is 0 Å². The maximum atomic E-state index is 13.9. The first-order valence-electron chi connectivity index (χ1n) is 5.80. The molecule has 0 saturated carbocycles. The molecule has 1 aromatic carbocycles. The Morgan fingerprint density at radius 3 is 2.83 bits per heavy atom. The maximum absolute atomic E-state index is 13.9. The highest BCUT2D eigenvalue weighted by molar-refractivity contribution is 7.16. The molecule has 2 heterocycles. The molecule has 5 heteroatoms. The topological polar surface area (TPSA) is 30.2 Å². The predicted molar refractivity (Wildman–Crippen MR) is 70.4 cm³/mol. The normalized spacial score (nSPS) is 11.3. The Morgan fingerprint density at radius 1 is 1.33 bits per heavy atom. The molecule has 18 heavy (non-hydrogen) atoms. The number of halogens is 1. The summed E-state index contributed by atoms with van der Waals surface area (Å²) < 4.78 is 15.6. The zero-order valence-electron chi connectivity index (χ0n) is 10.1. The van der Waals surface area contributed by atoms with E-state index in [1.807, 2.05) is 19.9 Å². The number of hydrogen-bond acceptors (Lipinski definition) is 3. The minimum absolute atomic E-state index is 0.242. The lowest BCUT2D eigenvalue weighted by atomic mass is 10.1. The van der Waals surface area contributed by atoms with Gasteiger partial charge in [-0.3, -0.25) is 0 Å². The van der Waals surface area contributed by atoms with Crippen LogP contribution in [-0.4, -0.2) is 14.6 Å². The van der Waals surface area contributed by atoms with E-state index in [1.165, 1.54) is 6.07 Å². The van der Waals surface area contributed by atoms with Crippen LogP contribution in [-0.2, 0) is 6.42 Å². The molecule has 3 rings (SSSR count). The molecular weight excluding hydrogens is 249 g/mol. The molecule has 0 spiro atoms. The van der Waals surface area contributed by atoms with Gasteiger partial charge in [-0.2, -0.15) is 5.10 Å². The van der Waals surface area contributed by atoms with Crippen LogP contribution in [0.5, 0.6) is 0 Å². The lowest BCUT2D eigenvalue weighted by molar-refractivity contribution is 0.630. The van der Waals surface area contributed by atoms with Crippen molar-refractivity contribution in [3.05, 3.63) is 40.8 Å².